The van der Waals surface area contributed by atoms with E-state index in [4.69, 9.17) is 10.4 Å². The van der Waals surface area contributed by atoms with E-state index in [0.717, 1.165) is 6.07 Å². The Labute approximate surface area is 88.5 Å². The molecule has 0 fully saturated rings. The summed E-state index contributed by atoms with van der Waals surface area (Å²) in [4.78, 5) is 0. The van der Waals surface area contributed by atoms with Crippen LogP contribution in [0.3, 0.4) is 0 Å². The number of rotatable bonds is 1. The van der Waals surface area contributed by atoms with Crippen LogP contribution in [0, 0.1) is 17.1 Å². The molecule has 0 heterocycles. The fourth-order valence-corrected chi connectivity index (χ4v) is 1.43. The lowest BCUT2D eigenvalue weighted by molar-refractivity contribution is 0.410. The monoisotopic (exact) mass is 259 g/mol. The topological polar surface area (TPSA) is 64.2 Å². The van der Waals surface area contributed by atoms with Crippen LogP contribution in [-0.4, -0.2) is 10.2 Å². The van der Waals surface area contributed by atoms with E-state index in [1.807, 2.05) is 6.07 Å². The Bertz CT molecular complexity index is 414. The van der Waals surface area contributed by atoms with Gasteiger partial charge >= 0.3 is 0 Å². The fraction of sp³-hybridized carbons (Fsp3) is 0.222. The van der Waals surface area contributed by atoms with Crippen molar-refractivity contribution < 1.29 is 14.6 Å². The molecule has 0 radical (unpaired) electrons. The van der Waals surface area contributed by atoms with E-state index in [9.17, 15) is 9.50 Å². The summed E-state index contributed by atoms with van der Waals surface area (Å²) in [5, 5.41) is 27.2. The van der Waals surface area contributed by atoms with Crippen LogP contribution in [0.2, 0.25) is 0 Å². The second-order valence-electron chi connectivity index (χ2n) is 2.81. The van der Waals surface area contributed by atoms with Crippen molar-refractivity contribution in [3.05, 3.63) is 21.9 Å². The van der Waals surface area contributed by atoms with Crippen LogP contribution in [0.15, 0.2) is 10.5 Å². The first-order chi connectivity index (χ1) is 6.49. The van der Waals surface area contributed by atoms with Crippen LogP contribution in [0.5, 0.6) is 11.5 Å². The Morgan fingerprint density at radius 1 is 1.50 bits per heavy atom. The average molecular weight is 260 g/mol. The molecule has 3 nitrogen and oxygen atoms in total. The van der Waals surface area contributed by atoms with Crippen LogP contribution >= 0.6 is 15.9 Å². The van der Waals surface area contributed by atoms with Crippen molar-refractivity contribution in [3.63, 3.8) is 0 Å². The first-order valence-electron chi connectivity index (χ1n) is 3.78. The number of phenolic OH excluding ortho intramolecular Hbond substituents is 2. The number of hydrogen-bond donors (Lipinski definition) is 2. The quantitative estimate of drug-likeness (QED) is 0.815. The number of nitriles is 1. The van der Waals surface area contributed by atoms with Gasteiger partial charge in [-0.25, -0.2) is 4.39 Å². The van der Waals surface area contributed by atoms with Gasteiger partial charge in [-0.05, 0) is 28.9 Å². The highest BCUT2D eigenvalue weighted by Crippen LogP contribution is 2.40. The first kappa shape index (κ1) is 10.8. The zero-order valence-electron chi connectivity index (χ0n) is 7.25. The molecule has 0 bridgehead atoms. The Morgan fingerprint density at radius 3 is 2.57 bits per heavy atom. The van der Waals surface area contributed by atoms with Crippen molar-refractivity contribution in [1.82, 2.24) is 0 Å². The van der Waals surface area contributed by atoms with E-state index >= 15 is 0 Å². The summed E-state index contributed by atoms with van der Waals surface area (Å²) in [6.07, 6.45) is 0. The molecule has 1 aromatic carbocycles. The molecule has 5 heteroatoms. The van der Waals surface area contributed by atoms with E-state index in [0.29, 0.717) is 0 Å². The summed E-state index contributed by atoms with van der Waals surface area (Å²) < 4.78 is 12.9. The van der Waals surface area contributed by atoms with E-state index < -0.39 is 17.5 Å². The van der Waals surface area contributed by atoms with Crippen LogP contribution in [0.4, 0.5) is 4.39 Å². The summed E-state index contributed by atoms with van der Waals surface area (Å²) >= 11 is 2.83. The molecular weight excluding hydrogens is 253 g/mol. The van der Waals surface area contributed by atoms with Gasteiger partial charge in [0.05, 0.1) is 12.0 Å². The highest BCUT2D eigenvalue weighted by molar-refractivity contribution is 9.10. The Balaban J connectivity index is 3.42. The van der Waals surface area contributed by atoms with Gasteiger partial charge in [-0.15, -0.1) is 0 Å². The third-order valence-corrected chi connectivity index (χ3v) is 2.61. The maximum atomic E-state index is 13.0. The third kappa shape index (κ3) is 1.66. The predicted molar refractivity (Wildman–Crippen MR) is 51.5 cm³/mol. The van der Waals surface area contributed by atoms with Crippen molar-refractivity contribution in [1.29, 1.82) is 5.26 Å². The minimum Gasteiger partial charge on any atom is -0.506 e. The molecule has 0 amide bonds. The molecule has 2 N–H and O–H groups in total. The molecule has 0 aromatic heterocycles. The average Bonchev–Trinajstić information content (AvgIpc) is 2.19. The highest BCUT2D eigenvalue weighted by atomic mass is 79.9. The Morgan fingerprint density at radius 2 is 2.07 bits per heavy atom. The van der Waals surface area contributed by atoms with Gasteiger partial charge in [-0.1, -0.05) is 0 Å². The van der Waals surface area contributed by atoms with Gasteiger partial charge in [0.1, 0.15) is 10.2 Å². The van der Waals surface area contributed by atoms with Crippen LogP contribution < -0.4 is 0 Å². The summed E-state index contributed by atoms with van der Waals surface area (Å²) in [5.41, 5.74) is 0.148. The smallest absolute Gasteiger partial charge is 0.169 e. The van der Waals surface area contributed by atoms with Crippen LogP contribution in [0.1, 0.15) is 18.4 Å². The number of aromatic hydroxyl groups is 2. The molecule has 0 saturated carbocycles. The molecule has 1 aromatic rings. The van der Waals surface area contributed by atoms with Crippen LogP contribution in [-0.2, 0) is 0 Å². The van der Waals surface area contributed by atoms with Gasteiger partial charge in [-0.2, -0.15) is 5.26 Å². The minimum atomic E-state index is -0.869. The lowest BCUT2D eigenvalue weighted by atomic mass is 10.0. The SMILES string of the molecule is CC(C#N)c1cc(F)c(O)c(Br)c1O. The molecule has 0 saturated heterocycles. The Hall–Kier alpha value is -1.28. The second-order valence-corrected chi connectivity index (χ2v) is 3.60. The predicted octanol–water partition coefficient (Wildman–Crippen LogP) is 2.63. The summed E-state index contributed by atoms with van der Waals surface area (Å²) in [6.45, 7) is 1.53. The van der Waals surface area contributed by atoms with E-state index in [1.165, 1.54) is 6.92 Å². The molecule has 0 aliphatic carbocycles. The summed E-state index contributed by atoms with van der Waals surface area (Å²) in [7, 11) is 0. The molecule has 0 aliphatic heterocycles. The number of phenols is 2. The maximum Gasteiger partial charge on any atom is 0.169 e. The van der Waals surface area contributed by atoms with Gasteiger partial charge < -0.3 is 10.2 Å². The minimum absolute atomic E-state index is 0.130. The van der Waals surface area contributed by atoms with E-state index in [-0.39, 0.29) is 15.8 Å². The molecule has 1 rings (SSSR count). The molecule has 1 unspecified atom stereocenters. The van der Waals surface area contributed by atoms with Crippen LogP contribution in [0.25, 0.3) is 0 Å². The second kappa shape index (κ2) is 3.84. The van der Waals surface area contributed by atoms with Crippen molar-refractivity contribution in [3.8, 4) is 17.6 Å². The standard InChI is InChI=1S/C9H7BrFNO2/c1-4(3-12)5-2-6(11)9(14)7(10)8(5)13/h2,4,13-14H,1H3. The van der Waals surface area contributed by atoms with E-state index in [1.54, 1.807) is 0 Å². The number of nitrogens with zero attached hydrogens (tertiary/aromatic N) is 1. The number of halogens is 2. The van der Waals surface area contributed by atoms with Gasteiger partial charge in [0.25, 0.3) is 0 Å². The zero-order chi connectivity index (χ0) is 10.9. The van der Waals surface area contributed by atoms with Gasteiger partial charge in [0.2, 0.25) is 0 Å². The third-order valence-electron chi connectivity index (χ3n) is 1.86. The molecule has 1 atom stereocenters. The molecule has 14 heavy (non-hydrogen) atoms. The lowest BCUT2D eigenvalue weighted by Gasteiger charge is -2.09. The first-order valence-corrected chi connectivity index (χ1v) is 4.57. The summed E-state index contributed by atoms with van der Waals surface area (Å²) in [6, 6.07) is 2.81. The van der Waals surface area contributed by atoms with E-state index in [2.05, 4.69) is 15.9 Å². The highest BCUT2D eigenvalue weighted by Gasteiger charge is 2.18. The van der Waals surface area contributed by atoms with Crippen molar-refractivity contribution in [2.45, 2.75) is 12.8 Å². The van der Waals surface area contributed by atoms with Crippen molar-refractivity contribution in [2.75, 3.05) is 0 Å². The summed E-state index contributed by atoms with van der Waals surface area (Å²) in [5.74, 6) is -2.47. The fourth-order valence-electron chi connectivity index (χ4n) is 1.02. The molecule has 0 spiro atoms. The lowest BCUT2D eigenvalue weighted by Crippen LogP contribution is -1.93. The van der Waals surface area contributed by atoms with Crippen molar-refractivity contribution in [2.24, 2.45) is 0 Å². The molecule has 0 aliphatic rings. The normalized spacial score (nSPS) is 12.1. The molecule has 74 valence electrons. The number of hydrogen-bond acceptors (Lipinski definition) is 3. The van der Waals surface area contributed by atoms with Gasteiger partial charge in [-0.3, -0.25) is 0 Å². The van der Waals surface area contributed by atoms with Gasteiger partial charge in [0, 0.05) is 5.56 Å². The Kier molecular flexibility index (Phi) is 2.96. The zero-order valence-corrected chi connectivity index (χ0v) is 8.84. The van der Waals surface area contributed by atoms with Gasteiger partial charge in [0.15, 0.2) is 11.6 Å². The molecular formula is C9H7BrFNO2. The largest absolute Gasteiger partial charge is 0.506 e. The maximum absolute atomic E-state index is 13.0. The number of benzene rings is 1. The van der Waals surface area contributed by atoms with Crippen molar-refractivity contribution >= 4 is 15.9 Å².